The van der Waals surface area contributed by atoms with E-state index in [0.717, 1.165) is 18.8 Å². The Morgan fingerprint density at radius 2 is 2.22 bits per heavy atom. The molecule has 1 aromatic heterocycles. The first-order valence-corrected chi connectivity index (χ1v) is 6.87. The molecule has 1 aromatic rings. The molecule has 1 aliphatic heterocycles. The highest BCUT2D eigenvalue weighted by atomic mass is 15.1. The Morgan fingerprint density at radius 3 is 2.89 bits per heavy atom. The summed E-state index contributed by atoms with van der Waals surface area (Å²) in [6.07, 6.45) is 4.63. The van der Waals surface area contributed by atoms with Crippen molar-refractivity contribution in [3.05, 3.63) is 23.5 Å². The Morgan fingerprint density at radius 1 is 1.44 bits per heavy atom. The molecule has 1 aliphatic rings. The maximum absolute atomic E-state index is 4.42. The van der Waals surface area contributed by atoms with Crippen LogP contribution in [0.25, 0.3) is 0 Å². The van der Waals surface area contributed by atoms with E-state index in [2.05, 4.69) is 42.0 Å². The van der Waals surface area contributed by atoms with Crippen LogP contribution in [0.2, 0.25) is 0 Å². The topological polar surface area (TPSA) is 28.2 Å². The predicted molar refractivity (Wildman–Crippen MR) is 77.0 cm³/mol. The monoisotopic (exact) mass is 247 g/mol. The van der Waals surface area contributed by atoms with E-state index in [9.17, 15) is 0 Å². The lowest BCUT2D eigenvalue weighted by Crippen LogP contribution is -2.40. The van der Waals surface area contributed by atoms with Crippen LogP contribution in [-0.4, -0.2) is 25.1 Å². The Balaban J connectivity index is 2.28. The number of hydrogen-bond donors (Lipinski definition) is 1. The van der Waals surface area contributed by atoms with Gasteiger partial charge in [-0.05, 0) is 38.3 Å². The Labute approximate surface area is 111 Å². The average molecular weight is 247 g/mol. The molecule has 100 valence electrons. The normalized spacial score (nSPS) is 19.0. The van der Waals surface area contributed by atoms with Gasteiger partial charge >= 0.3 is 0 Å². The summed E-state index contributed by atoms with van der Waals surface area (Å²) in [5.41, 5.74) is 4.20. The summed E-state index contributed by atoms with van der Waals surface area (Å²) < 4.78 is 0. The van der Waals surface area contributed by atoms with Gasteiger partial charge in [0.2, 0.25) is 0 Å². The van der Waals surface area contributed by atoms with E-state index in [1.54, 1.807) is 0 Å². The molecule has 1 saturated heterocycles. The van der Waals surface area contributed by atoms with Gasteiger partial charge in [-0.25, -0.2) is 0 Å². The molecule has 2 heterocycles. The van der Waals surface area contributed by atoms with Crippen LogP contribution in [0.3, 0.4) is 0 Å². The first-order chi connectivity index (χ1) is 8.52. The van der Waals surface area contributed by atoms with E-state index in [1.165, 1.54) is 30.6 Å². The van der Waals surface area contributed by atoms with E-state index < -0.39 is 0 Å². The lowest BCUT2D eigenvalue weighted by molar-refractivity contribution is 0.293. The molecular weight excluding hydrogens is 222 g/mol. The number of pyridine rings is 1. The second-order valence-corrected chi connectivity index (χ2v) is 6.17. The van der Waals surface area contributed by atoms with Gasteiger partial charge in [0.1, 0.15) is 0 Å². The Kier molecular flexibility index (Phi) is 3.91. The summed E-state index contributed by atoms with van der Waals surface area (Å²) >= 11 is 0. The molecule has 0 saturated carbocycles. The SMILES string of the molecule is CNCc1cnc(C)cc1N1CCCC(C)(C)C1. The van der Waals surface area contributed by atoms with Crippen LogP contribution in [0, 0.1) is 12.3 Å². The molecule has 3 heteroatoms. The minimum absolute atomic E-state index is 0.423. The van der Waals surface area contributed by atoms with Crippen LogP contribution in [0.4, 0.5) is 5.69 Å². The lowest BCUT2D eigenvalue weighted by atomic mass is 9.84. The fourth-order valence-electron chi connectivity index (χ4n) is 2.82. The second-order valence-electron chi connectivity index (χ2n) is 6.17. The molecule has 1 N–H and O–H groups in total. The molecule has 0 radical (unpaired) electrons. The van der Waals surface area contributed by atoms with Gasteiger partial charge < -0.3 is 10.2 Å². The van der Waals surface area contributed by atoms with Crippen LogP contribution >= 0.6 is 0 Å². The first-order valence-electron chi connectivity index (χ1n) is 6.87. The molecule has 0 atom stereocenters. The second kappa shape index (κ2) is 5.27. The van der Waals surface area contributed by atoms with Gasteiger partial charge in [0.15, 0.2) is 0 Å². The molecule has 2 rings (SSSR count). The van der Waals surface area contributed by atoms with E-state index in [0.29, 0.717) is 5.41 Å². The van der Waals surface area contributed by atoms with Crippen molar-refractivity contribution in [1.82, 2.24) is 10.3 Å². The summed E-state index contributed by atoms with van der Waals surface area (Å²) in [6, 6.07) is 2.23. The average Bonchev–Trinajstić information content (AvgIpc) is 2.30. The van der Waals surface area contributed by atoms with E-state index in [1.807, 2.05) is 13.2 Å². The fraction of sp³-hybridized carbons (Fsp3) is 0.667. The predicted octanol–water partition coefficient (Wildman–Crippen LogP) is 2.74. The maximum Gasteiger partial charge on any atom is 0.0445 e. The van der Waals surface area contributed by atoms with Crippen LogP contribution in [-0.2, 0) is 6.54 Å². The zero-order chi connectivity index (χ0) is 13.2. The number of rotatable bonds is 3. The third-order valence-corrected chi connectivity index (χ3v) is 3.71. The van der Waals surface area contributed by atoms with Crippen LogP contribution in [0.5, 0.6) is 0 Å². The van der Waals surface area contributed by atoms with E-state index in [-0.39, 0.29) is 0 Å². The van der Waals surface area contributed by atoms with E-state index >= 15 is 0 Å². The highest BCUT2D eigenvalue weighted by Crippen LogP contribution is 2.33. The number of anilines is 1. The van der Waals surface area contributed by atoms with Crippen molar-refractivity contribution in [3.8, 4) is 0 Å². The zero-order valence-corrected chi connectivity index (χ0v) is 12.1. The molecule has 0 bridgehead atoms. The van der Waals surface area contributed by atoms with Crippen LogP contribution in [0.1, 0.15) is 37.9 Å². The van der Waals surface area contributed by atoms with Gasteiger partial charge in [-0.2, -0.15) is 0 Å². The first kappa shape index (κ1) is 13.3. The van der Waals surface area contributed by atoms with Crippen LogP contribution < -0.4 is 10.2 Å². The highest BCUT2D eigenvalue weighted by Gasteiger charge is 2.27. The fourth-order valence-corrected chi connectivity index (χ4v) is 2.82. The van der Waals surface area contributed by atoms with Gasteiger partial charge in [0.05, 0.1) is 0 Å². The quantitative estimate of drug-likeness (QED) is 0.890. The number of piperidine rings is 1. The molecule has 1 fully saturated rings. The van der Waals surface area contributed by atoms with Gasteiger partial charge in [0, 0.05) is 42.8 Å². The number of aromatic nitrogens is 1. The molecule has 3 nitrogen and oxygen atoms in total. The van der Waals surface area contributed by atoms with Gasteiger partial charge in [-0.3, -0.25) is 4.98 Å². The van der Waals surface area contributed by atoms with Crippen LogP contribution in [0.15, 0.2) is 12.3 Å². The standard InChI is InChI=1S/C15H25N3/c1-12-8-14(13(9-16-4)10-17-12)18-7-5-6-15(2,3)11-18/h8,10,16H,5-7,9,11H2,1-4H3. The van der Waals surface area contributed by atoms with Crippen molar-refractivity contribution in [2.45, 2.75) is 40.2 Å². The van der Waals surface area contributed by atoms with Crippen molar-refractivity contribution in [2.24, 2.45) is 5.41 Å². The molecule has 0 aliphatic carbocycles. The minimum Gasteiger partial charge on any atom is -0.371 e. The summed E-state index contributed by atoms with van der Waals surface area (Å²) in [4.78, 5) is 6.96. The molecule has 0 amide bonds. The third kappa shape index (κ3) is 3.02. The summed E-state index contributed by atoms with van der Waals surface area (Å²) in [5, 5.41) is 3.24. The van der Waals surface area contributed by atoms with Crippen molar-refractivity contribution in [1.29, 1.82) is 0 Å². The summed E-state index contributed by atoms with van der Waals surface area (Å²) in [5.74, 6) is 0. The summed E-state index contributed by atoms with van der Waals surface area (Å²) in [6.45, 7) is 10.0. The molecular formula is C15H25N3. The van der Waals surface area contributed by atoms with E-state index in [4.69, 9.17) is 0 Å². The lowest BCUT2D eigenvalue weighted by Gasteiger charge is -2.40. The van der Waals surface area contributed by atoms with Crippen molar-refractivity contribution < 1.29 is 0 Å². The molecule has 0 aromatic carbocycles. The Hall–Kier alpha value is -1.09. The molecule has 0 unspecified atom stereocenters. The highest BCUT2D eigenvalue weighted by molar-refractivity contribution is 5.54. The minimum atomic E-state index is 0.423. The number of nitrogens with one attached hydrogen (secondary N) is 1. The van der Waals surface area contributed by atoms with Crippen molar-refractivity contribution in [3.63, 3.8) is 0 Å². The molecule has 18 heavy (non-hydrogen) atoms. The number of hydrogen-bond acceptors (Lipinski definition) is 3. The smallest absolute Gasteiger partial charge is 0.0445 e. The van der Waals surface area contributed by atoms with Crippen molar-refractivity contribution >= 4 is 5.69 Å². The van der Waals surface area contributed by atoms with Crippen molar-refractivity contribution in [2.75, 3.05) is 25.0 Å². The third-order valence-electron chi connectivity index (χ3n) is 3.71. The zero-order valence-electron chi connectivity index (χ0n) is 12.1. The van der Waals surface area contributed by atoms with Gasteiger partial charge in [-0.1, -0.05) is 13.8 Å². The molecule has 0 spiro atoms. The number of aryl methyl sites for hydroxylation is 1. The summed E-state index contributed by atoms with van der Waals surface area (Å²) in [7, 11) is 1.99. The Bertz CT molecular complexity index is 412. The largest absolute Gasteiger partial charge is 0.371 e. The number of nitrogens with zero attached hydrogens (tertiary/aromatic N) is 2. The van der Waals surface area contributed by atoms with Gasteiger partial charge in [0.25, 0.3) is 0 Å². The van der Waals surface area contributed by atoms with Gasteiger partial charge in [-0.15, -0.1) is 0 Å². The maximum atomic E-state index is 4.42.